The van der Waals surface area contributed by atoms with E-state index in [1.54, 1.807) is 32.0 Å². The average Bonchev–Trinajstić information content (AvgIpc) is 2.54. The minimum absolute atomic E-state index is 0.0589. The van der Waals surface area contributed by atoms with Crippen molar-refractivity contribution in [2.75, 3.05) is 6.61 Å². The maximum atomic E-state index is 12.4. The number of rotatable bonds is 1. The first-order valence-corrected chi connectivity index (χ1v) is 8.38. The van der Waals surface area contributed by atoms with Crippen LogP contribution in [-0.4, -0.2) is 11.7 Å². The van der Waals surface area contributed by atoms with E-state index >= 15 is 0 Å². The number of aliphatic hydroxyl groups is 1. The topological polar surface area (TPSA) is 109 Å². The van der Waals surface area contributed by atoms with Gasteiger partial charge < -0.3 is 20.0 Å². The molecule has 1 aliphatic rings. The number of aryl methyl sites for hydroxylation is 1. The molecule has 1 aromatic carbocycles. The molecular formula is C18H16Cl2N2O4. The van der Waals surface area contributed by atoms with Gasteiger partial charge >= 0.3 is 5.63 Å². The van der Waals surface area contributed by atoms with E-state index in [1.807, 2.05) is 6.07 Å². The van der Waals surface area contributed by atoms with Gasteiger partial charge in [0, 0.05) is 28.3 Å². The molecule has 0 aliphatic carbocycles. The minimum atomic E-state index is -0.846. The lowest BCUT2D eigenvalue weighted by Gasteiger charge is -2.26. The normalized spacial score (nSPS) is 15.3. The monoisotopic (exact) mass is 394 g/mol. The van der Waals surface area contributed by atoms with Crippen molar-refractivity contribution in [2.24, 2.45) is 5.73 Å². The molecule has 136 valence electrons. The van der Waals surface area contributed by atoms with Crippen molar-refractivity contribution in [2.45, 2.75) is 19.8 Å². The number of halogens is 2. The van der Waals surface area contributed by atoms with Crippen molar-refractivity contribution in [1.82, 2.24) is 0 Å². The summed E-state index contributed by atoms with van der Waals surface area (Å²) in [5.41, 5.74) is 5.85. The Hall–Kier alpha value is -2.46. The van der Waals surface area contributed by atoms with Crippen LogP contribution in [0.5, 0.6) is 5.75 Å². The van der Waals surface area contributed by atoms with Gasteiger partial charge in [-0.3, -0.25) is 0 Å². The molecular weight excluding hydrogens is 379 g/mol. The second-order valence-electron chi connectivity index (χ2n) is 5.30. The molecule has 6 nitrogen and oxygen atoms in total. The van der Waals surface area contributed by atoms with Crippen molar-refractivity contribution in [3.05, 3.63) is 73.1 Å². The quantitative estimate of drug-likeness (QED) is 0.765. The summed E-state index contributed by atoms with van der Waals surface area (Å²) < 4.78 is 10.6. The van der Waals surface area contributed by atoms with Crippen molar-refractivity contribution < 1.29 is 14.3 Å². The third-order valence-corrected chi connectivity index (χ3v) is 4.20. The first kappa shape index (κ1) is 19.9. The maximum Gasteiger partial charge on any atom is 0.343 e. The number of nitrogens with two attached hydrogens (primary N) is 1. The second-order valence-corrected chi connectivity index (χ2v) is 6.11. The van der Waals surface area contributed by atoms with Crippen molar-refractivity contribution in [3.63, 3.8) is 0 Å². The number of hydrogen-bond donors (Lipinski definition) is 2. The molecule has 3 rings (SSSR count). The van der Waals surface area contributed by atoms with Crippen LogP contribution < -0.4 is 16.1 Å². The molecule has 2 heterocycles. The molecule has 0 saturated carbocycles. The molecule has 8 heteroatoms. The largest absolute Gasteiger partial charge is 0.440 e. The van der Waals surface area contributed by atoms with Crippen molar-refractivity contribution in [3.8, 4) is 11.8 Å². The number of aliphatic hydroxyl groups excluding tert-OH is 1. The van der Waals surface area contributed by atoms with Gasteiger partial charge in [0.25, 0.3) is 0 Å². The van der Waals surface area contributed by atoms with Gasteiger partial charge in [-0.15, -0.1) is 0 Å². The Morgan fingerprint density at radius 2 is 1.88 bits per heavy atom. The third kappa shape index (κ3) is 3.70. The summed E-state index contributed by atoms with van der Waals surface area (Å²) in [7, 11) is 0. The van der Waals surface area contributed by atoms with E-state index in [2.05, 4.69) is 0 Å². The molecule has 0 radical (unpaired) electrons. The van der Waals surface area contributed by atoms with Crippen LogP contribution in [0, 0.1) is 18.3 Å². The van der Waals surface area contributed by atoms with Crippen LogP contribution in [0.4, 0.5) is 0 Å². The third-order valence-electron chi connectivity index (χ3n) is 3.54. The van der Waals surface area contributed by atoms with E-state index in [0.717, 1.165) is 0 Å². The van der Waals surface area contributed by atoms with Gasteiger partial charge in [0.1, 0.15) is 23.2 Å². The number of nitrogens with zero attached hydrogens (tertiary/aromatic N) is 1. The Morgan fingerprint density at radius 3 is 2.42 bits per heavy atom. The van der Waals surface area contributed by atoms with Crippen LogP contribution >= 0.6 is 23.2 Å². The molecule has 1 aliphatic heterocycles. The first-order chi connectivity index (χ1) is 12.3. The molecule has 0 saturated heterocycles. The van der Waals surface area contributed by atoms with Gasteiger partial charge in [-0.2, -0.15) is 5.26 Å². The highest BCUT2D eigenvalue weighted by Gasteiger charge is 2.36. The fourth-order valence-electron chi connectivity index (χ4n) is 2.59. The van der Waals surface area contributed by atoms with E-state index in [1.165, 1.54) is 6.07 Å². The zero-order valence-electron chi connectivity index (χ0n) is 14.0. The molecule has 0 spiro atoms. The Bertz CT molecular complexity index is 940. The minimum Gasteiger partial charge on any atom is -0.440 e. The second kappa shape index (κ2) is 8.28. The van der Waals surface area contributed by atoms with E-state index in [4.69, 9.17) is 43.2 Å². The molecule has 0 bridgehead atoms. The van der Waals surface area contributed by atoms with E-state index in [0.29, 0.717) is 21.4 Å². The molecule has 1 unspecified atom stereocenters. The number of allylic oxidation sites excluding steroid dienone is 1. The summed E-state index contributed by atoms with van der Waals surface area (Å²) >= 11 is 12.5. The van der Waals surface area contributed by atoms with Crippen LogP contribution in [0.3, 0.4) is 0 Å². The van der Waals surface area contributed by atoms with Crippen molar-refractivity contribution in [1.29, 1.82) is 5.26 Å². The predicted octanol–water partition coefficient (Wildman–Crippen LogP) is 3.47. The Balaban J connectivity index is 0.000000758. The number of fused-ring (bicyclic) bond motifs is 1. The van der Waals surface area contributed by atoms with Gasteiger partial charge in [0.2, 0.25) is 5.88 Å². The molecule has 3 N–H and O–H groups in total. The van der Waals surface area contributed by atoms with Gasteiger partial charge in [-0.1, -0.05) is 29.3 Å². The fourth-order valence-corrected chi connectivity index (χ4v) is 3.21. The van der Waals surface area contributed by atoms with E-state index in [-0.39, 0.29) is 29.4 Å². The molecule has 26 heavy (non-hydrogen) atoms. The lowest BCUT2D eigenvalue weighted by atomic mass is 9.84. The summed E-state index contributed by atoms with van der Waals surface area (Å²) in [5, 5.41) is 17.7. The predicted molar refractivity (Wildman–Crippen MR) is 98.2 cm³/mol. The average molecular weight is 395 g/mol. The highest BCUT2D eigenvalue weighted by Crippen LogP contribution is 2.45. The maximum absolute atomic E-state index is 12.4. The number of hydrogen-bond acceptors (Lipinski definition) is 6. The SMILES string of the molecule is CCO.Cc1cc2c(c(=O)o1)C(c1c(Cl)cccc1Cl)C(C#N)=C(N)O2. The summed E-state index contributed by atoms with van der Waals surface area (Å²) in [6, 6.07) is 8.43. The Kier molecular flexibility index (Phi) is 6.32. The first-order valence-electron chi connectivity index (χ1n) is 7.62. The van der Waals surface area contributed by atoms with E-state index in [9.17, 15) is 10.1 Å². The zero-order chi connectivity index (χ0) is 19.4. The van der Waals surface area contributed by atoms with Crippen LogP contribution in [-0.2, 0) is 0 Å². The smallest absolute Gasteiger partial charge is 0.343 e. The summed E-state index contributed by atoms with van der Waals surface area (Å²) in [6.45, 7) is 3.54. The van der Waals surface area contributed by atoms with Gasteiger partial charge in [-0.05, 0) is 26.0 Å². The van der Waals surface area contributed by atoms with Crippen LogP contribution in [0.2, 0.25) is 10.0 Å². The lowest BCUT2D eigenvalue weighted by molar-refractivity contribution is 0.318. The molecule has 1 atom stereocenters. The van der Waals surface area contributed by atoms with Crippen molar-refractivity contribution >= 4 is 23.2 Å². The van der Waals surface area contributed by atoms with Crippen LogP contribution in [0.15, 0.2) is 44.9 Å². The number of ether oxygens (including phenoxy) is 1. The molecule has 2 aromatic rings. The summed E-state index contributed by atoms with van der Waals surface area (Å²) in [6.07, 6.45) is 0. The van der Waals surface area contributed by atoms with Crippen LogP contribution in [0.25, 0.3) is 0 Å². The van der Waals surface area contributed by atoms with Gasteiger partial charge in [-0.25, -0.2) is 4.79 Å². The highest BCUT2D eigenvalue weighted by atomic mass is 35.5. The highest BCUT2D eigenvalue weighted by molar-refractivity contribution is 6.36. The number of nitriles is 1. The fraction of sp³-hybridized carbons (Fsp3) is 0.222. The standard InChI is InChI=1S/C16H10Cl2N2O3.C2H6O/c1-7-5-11-14(16(21)22-7)12(8(6-19)15(20)23-11)13-9(17)3-2-4-10(13)18;1-2-3/h2-5,12H,20H2,1H3;3H,2H2,1H3. The van der Waals surface area contributed by atoms with E-state index < -0.39 is 11.5 Å². The summed E-state index contributed by atoms with van der Waals surface area (Å²) in [4.78, 5) is 12.4. The Morgan fingerprint density at radius 1 is 1.31 bits per heavy atom. The summed E-state index contributed by atoms with van der Waals surface area (Å²) in [5.74, 6) is -0.338. The van der Waals surface area contributed by atoms with Gasteiger partial charge in [0.15, 0.2) is 0 Å². The van der Waals surface area contributed by atoms with Crippen LogP contribution in [0.1, 0.15) is 29.7 Å². The molecule has 0 amide bonds. The molecule has 1 aromatic heterocycles. The number of benzene rings is 1. The lowest BCUT2D eigenvalue weighted by Crippen LogP contribution is -2.26. The Labute approximate surface area is 160 Å². The van der Waals surface area contributed by atoms with Gasteiger partial charge in [0.05, 0.1) is 11.5 Å². The zero-order valence-corrected chi connectivity index (χ0v) is 15.6. The molecule has 0 fully saturated rings.